The van der Waals surface area contributed by atoms with Gasteiger partial charge in [-0.05, 0) is 51.0 Å². The zero-order valence-electron chi connectivity index (χ0n) is 11.2. The molecule has 2 rings (SSSR count). The quantitative estimate of drug-likeness (QED) is 0.822. The largest absolute Gasteiger partial charge is 0.466 e. The highest BCUT2D eigenvalue weighted by Crippen LogP contribution is 2.24. The van der Waals surface area contributed by atoms with Crippen molar-refractivity contribution < 1.29 is 4.42 Å². The molecule has 2 N–H and O–H groups in total. The Morgan fingerprint density at radius 2 is 2.29 bits per heavy atom. The van der Waals surface area contributed by atoms with Crippen LogP contribution in [-0.4, -0.2) is 26.2 Å². The minimum absolute atomic E-state index is 0.0697. The van der Waals surface area contributed by atoms with E-state index in [1.165, 1.54) is 13.0 Å². The molecular weight excluding hydrogens is 212 g/mol. The summed E-state index contributed by atoms with van der Waals surface area (Å²) < 4.78 is 5.72. The average molecular weight is 236 g/mol. The Labute approximate surface area is 104 Å². The van der Waals surface area contributed by atoms with Crippen molar-refractivity contribution in [3.05, 3.63) is 23.7 Å². The molecule has 0 aliphatic carbocycles. The monoisotopic (exact) mass is 236 g/mol. The Morgan fingerprint density at radius 3 is 2.88 bits per heavy atom. The number of nitrogens with one attached hydrogen (secondary N) is 2. The van der Waals surface area contributed by atoms with Gasteiger partial charge in [-0.3, -0.25) is 0 Å². The minimum Gasteiger partial charge on any atom is -0.466 e. The highest BCUT2D eigenvalue weighted by Gasteiger charge is 2.24. The molecule has 1 saturated heterocycles. The van der Waals surface area contributed by atoms with Crippen molar-refractivity contribution in [3.63, 3.8) is 0 Å². The Balaban J connectivity index is 1.80. The highest BCUT2D eigenvalue weighted by atomic mass is 16.3. The third kappa shape index (κ3) is 3.33. The van der Waals surface area contributed by atoms with Gasteiger partial charge in [-0.25, -0.2) is 0 Å². The molecule has 1 atom stereocenters. The Hall–Kier alpha value is -0.800. The maximum Gasteiger partial charge on any atom is 0.111 e. The fourth-order valence-electron chi connectivity index (χ4n) is 2.36. The van der Waals surface area contributed by atoms with Crippen LogP contribution in [0.5, 0.6) is 0 Å². The summed E-state index contributed by atoms with van der Waals surface area (Å²) in [5.41, 5.74) is 0.0697. The summed E-state index contributed by atoms with van der Waals surface area (Å²) in [6, 6.07) is 4.13. The summed E-state index contributed by atoms with van der Waals surface area (Å²) in [6.45, 7) is 10.9. The van der Waals surface area contributed by atoms with Crippen LogP contribution in [-0.2, 0) is 5.41 Å². The summed E-state index contributed by atoms with van der Waals surface area (Å²) in [5.74, 6) is 2.87. The fourth-order valence-corrected chi connectivity index (χ4v) is 2.36. The van der Waals surface area contributed by atoms with E-state index < -0.39 is 0 Å². The first-order valence-electron chi connectivity index (χ1n) is 6.56. The summed E-state index contributed by atoms with van der Waals surface area (Å²) in [5, 5.41) is 6.97. The second kappa shape index (κ2) is 5.23. The molecule has 96 valence electrons. The van der Waals surface area contributed by atoms with Crippen LogP contribution in [0.15, 0.2) is 16.5 Å². The van der Waals surface area contributed by atoms with E-state index in [0.29, 0.717) is 0 Å². The van der Waals surface area contributed by atoms with E-state index in [9.17, 15) is 0 Å². The van der Waals surface area contributed by atoms with Crippen LogP contribution >= 0.6 is 0 Å². The first kappa shape index (κ1) is 12.7. The average Bonchev–Trinajstić information content (AvgIpc) is 2.89. The number of hydrogen-bond donors (Lipinski definition) is 2. The maximum atomic E-state index is 5.72. The van der Waals surface area contributed by atoms with Gasteiger partial charge in [-0.15, -0.1) is 0 Å². The van der Waals surface area contributed by atoms with Crippen molar-refractivity contribution in [2.24, 2.45) is 5.92 Å². The fraction of sp³-hybridized carbons (Fsp3) is 0.714. The highest BCUT2D eigenvalue weighted by molar-refractivity contribution is 5.15. The topological polar surface area (TPSA) is 37.2 Å². The van der Waals surface area contributed by atoms with Crippen molar-refractivity contribution >= 4 is 0 Å². The van der Waals surface area contributed by atoms with Gasteiger partial charge >= 0.3 is 0 Å². The first-order chi connectivity index (χ1) is 8.08. The maximum absolute atomic E-state index is 5.72. The number of rotatable bonds is 5. The lowest BCUT2D eigenvalue weighted by Gasteiger charge is -2.23. The predicted molar refractivity (Wildman–Crippen MR) is 70.3 cm³/mol. The molecule has 3 nitrogen and oxygen atoms in total. The van der Waals surface area contributed by atoms with Gasteiger partial charge in [0.05, 0.1) is 0 Å². The van der Waals surface area contributed by atoms with Crippen molar-refractivity contribution in [2.45, 2.75) is 32.6 Å². The third-order valence-electron chi connectivity index (χ3n) is 3.57. The lowest BCUT2D eigenvalue weighted by atomic mass is 9.90. The Bertz CT molecular complexity index is 351. The molecule has 0 amide bonds. The van der Waals surface area contributed by atoms with Gasteiger partial charge in [0.2, 0.25) is 0 Å². The van der Waals surface area contributed by atoms with Gasteiger partial charge in [-0.2, -0.15) is 0 Å². The molecule has 0 saturated carbocycles. The molecule has 17 heavy (non-hydrogen) atoms. The van der Waals surface area contributed by atoms with Crippen molar-refractivity contribution in [1.29, 1.82) is 0 Å². The van der Waals surface area contributed by atoms with Crippen LogP contribution in [0, 0.1) is 12.8 Å². The lowest BCUT2D eigenvalue weighted by Crippen LogP contribution is -2.35. The van der Waals surface area contributed by atoms with Crippen molar-refractivity contribution in [1.82, 2.24) is 10.6 Å². The molecule has 0 spiro atoms. The summed E-state index contributed by atoms with van der Waals surface area (Å²) in [4.78, 5) is 0. The normalized spacial score (nSPS) is 21.0. The molecular formula is C14H24N2O. The lowest BCUT2D eigenvalue weighted by molar-refractivity contribution is 0.349. The number of hydrogen-bond acceptors (Lipinski definition) is 3. The zero-order valence-corrected chi connectivity index (χ0v) is 11.2. The molecule has 1 aromatic heterocycles. The van der Waals surface area contributed by atoms with Gasteiger partial charge in [0, 0.05) is 12.0 Å². The molecule has 2 heterocycles. The van der Waals surface area contributed by atoms with Crippen molar-refractivity contribution in [2.75, 3.05) is 26.2 Å². The Morgan fingerprint density at radius 1 is 1.47 bits per heavy atom. The summed E-state index contributed by atoms with van der Waals surface area (Å²) in [6.07, 6.45) is 1.30. The molecule has 0 radical (unpaired) electrons. The van der Waals surface area contributed by atoms with Gasteiger partial charge in [-0.1, -0.05) is 13.8 Å². The number of aryl methyl sites for hydroxylation is 1. The smallest absolute Gasteiger partial charge is 0.111 e. The minimum atomic E-state index is 0.0697. The third-order valence-corrected chi connectivity index (χ3v) is 3.57. The zero-order chi connectivity index (χ0) is 12.3. The van der Waals surface area contributed by atoms with Crippen LogP contribution in [0.4, 0.5) is 0 Å². The summed E-state index contributed by atoms with van der Waals surface area (Å²) in [7, 11) is 0. The predicted octanol–water partition coefficient (Wildman–Crippen LogP) is 2.06. The second-order valence-electron chi connectivity index (χ2n) is 5.78. The van der Waals surface area contributed by atoms with Crippen LogP contribution in [0.2, 0.25) is 0 Å². The molecule has 0 bridgehead atoms. The Kier molecular flexibility index (Phi) is 3.89. The second-order valence-corrected chi connectivity index (χ2v) is 5.78. The molecule has 1 aromatic rings. The van der Waals surface area contributed by atoms with Gasteiger partial charge in [0.1, 0.15) is 11.5 Å². The first-order valence-corrected chi connectivity index (χ1v) is 6.56. The van der Waals surface area contributed by atoms with Gasteiger partial charge in [0.15, 0.2) is 0 Å². The van der Waals surface area contributed by atoms with E-state index in [2.05, 4.69) is 30.5 Å². The van der Waals surface area contributed by atoms with Gasteiger partial charge in [0.25, 0.3) is 0 Å². The molecule has 1 unspecified atom stereocenters. The van der Waals surface area contributed by atoms with E-state index in [1.54, 1.807) is 0 Å². The summed E-state index contributed by atoms with van der Waals surface area (Å²) >= 11 is 0. The SMILES string of the molecule is Cc1ccc(C(C)(C)CNCC2CCNC2)o1. The van der Waals surface area contributed by atoms with Crippen molar-refractivity contribution in [3.8, 4) is 0 Å². The van der Waals surface area contributed by atoms with Crippen LogP contribution in [0.1, 0.15) is 31.8 Å². The number of furan rings is 1. The van der Waals surface area contributed by atoms with E-state index in [4.69, 9.17) is 4.42 Å². The van der Waals surface area contributed by atoms with E-state index >= 15 is 0 Å². The standard InChI is InChI=1S/C14H24N2O/c1-11-4-5-13(17-11)14(2,3)10-16-9-12-6-7-15-8-12/h4-5,12,15-16H,6-10H2,1-3H3. The molecule has 1 aliphatic heterocycles. The van der Waals surface area contributed by atoms with E-state index in [1.807, 2.05) is 13.0 Å². The van der Waals surface area contributed by atoms with E-state index in [-0.39, 0.29) is 5.41 Å². The molecule has 1 fully saturated rings. The van der Waals surface area contributed by atoms with Crippen LogP contribution in [0.25, 0.3) is 0 Å². The van der Waals surface area contributed by atoms with Crippen LogP contribution < -0.4 is 10.6 Å². The van der Waals surface area contributed by atoms with Crippen LogP contribution in [0.3, 0.4) is 0 Å². The van der Waals surface area contributed by atoms with E-state index in [0.717, 1.165) is 37.1 Å². The molecule has 0 aromatic carbocycles. The van der Waals surface area contributed by atoms with Gasteiger partial charge < -0.3 is 15.1 Å². The molecule has 3 heteroatoms. The molecule has 1 aliphatic rings.